The predicted molar refractivity (Wildman–Crippen MR) is 81.1 cm³/mol. The molecular formula is C16H24F3N3O2. The van der Waals surface area contributed by atoms with Crippen LogP contribution in [0.15, 0.2) is 0 Å². The van der Waals surface area contributed by atoms with E-state index in [1.165, 1.54) is 12.8 Å². The predicted octanol–water partition coefficient (Wildman–Crippen LogP) is 1.34. The monoisotopic (exact) mass is 347 g/mol. The number of amides is 2. The van der Waals surface area contributed by atoms with Crippen molar-refractivity contribution in [2.45, 2.75) is 31.9 Å². The van der Waals surface area contributed by atoms with Gasteiger partial charge in [-0.2, -0.15) is 13.2 Å². The van der Waals surface area contributed by atoms with Crippen LogP contribution in [-0.2, 0) is 9.59 Å². The Labute approximate surface area is 139 Å². The van der Waals surface area contributed by atoms with Crippen molar-refractivity contribution in [1.82, 2.24) is 14.7 Å². The Bertz CT molecular complexity index is 477. The van der Waals surface area contributed by atoms with E-state index in [1.807, 2.05) is 4.90 Å². The molecule has 3 rings (SSSR count). The molecule has 2 aliphatic heterocycles. The number of nitrogens with zero attached hydrogens (tertiary/aromatic N) is 3. The van der Waals surface area contributed by atoms with E-state index in [2.05, 4.69) is 4.90 Å². The van der Waals surface area contributed by atoms with Crippen LogP contribution in [0.3, 0.4) is 0 Å². The third kappa shape index (κ3) is 4.20. The SMILES string of the molecule is O=C(C1CCN(C(=O)C(F)(F)F)CC1)N1CCN(CC2CC2)CC1. The Hall–Kier alpha value is -1.31. The van der Waals surface area contributed by atoms with Crippen LogP contribution in [0.5, 0.6) is 0 Å². The zero-order valence-electron chi connectivity index (χ0n) is 13.7. The number of piperidine rings is 1. The number of likely N-dealkylation sites (tertiary alicyclic amines) is 1. The summed E-state index contributed by atoms with van der Waals surface area (Å²) in [6, 6.07) is 0. The summed E-state index contributed by atoms with van der Waals surface area (Å²) in [4.78, 5) is 28.8. The molecule has 2 heterocycles. The molecule has 1 aliphatic carbocycles. The molecule has 3 fully saturated rings. The Morgan fingerprint density at radius 2 is 1.42 bits per heavy atom. The molecule has 24 heavy (non-hydrogen) atoms. The average Bonchev–Trinajstić information content (AvgIpc) is 3.37. The molecule has 5 nitrogen and oxygen atoms in total. The fraction of sp³-hybridized carbons (Fsp3) is 0.875. The summed E-state index contributed by atoms with van der Waals surface area (Å²) in [7, 11) is 0. The van der Waals surface area contributed by atoms with Gasteiger partial charge in [0.25, 0.3) is 0 Å². The van der Waals surface area contributed by atoms with E-state index in [1.54, 1.807) is 0 Å². The first-order valence-electron chi connectivity index (χ1n) is 8.72. The maximum atomic E-state index is 12.5. The lowest BCUT2D eigenvalue weighted by Gasteiger charge is -2.38. The minimum atomic E-state index is -4.82. The number of carbonyl (C=O) groups is 2. The number of hydrogen-bond donors (Lipinski definition) is 0. The fourth-order valence-electron chi connectivity index (χ4n) is 3.58. The molecule has 0 atom stereocenters. The second kappa shape index (κ2) is 6.90. The number of carbonyl (C=O) groups excluding carboxylic acids is 2. The number of alkyl halides is 3. The highest BCUT2D eigenvalue weighted by molar-refractivity contribution is 5.83. The molecule has 0 bridgehead atoms. The van der Waals surface area contributed by atoms with Crippen molar-refractivity contribution in [2.24, 2.45) is 11.8 Å². The Morgan fingerprint density at radius 1 is 0.833 bits per heavy atom. The van der Waals surface area contributed by atoms with E-state index < -0.39 is 12.1 Å². The highest BCUT2D eigenvalue weighted by Crippen LogP contribution is 2.30. The summed E-state index contributed by atoms with van der Waals surface area (Å²) in [5.74, 6) is -1.16. The third-order valence-electron chi connectivity index (χ3n) is 5.27. The van der Waals surface area contributed by atoms with E-state index in [-0.39, 0.29) is 24.9 Å². The van der Waals surface area contributed by atoms with Crippen molar-refractivity contribution in [3.63, 3.8) is 0 Å². The lowest BCUT2D eigenvalue weighted by Crippen LogP contribution is -2.52. The molecule has 0 unspecified atom stereocenters. The summed E-state index contributed by atoms with van der Waals surface area (Å²) < 4.78 is 37.3. The Balaban J connectivity index is 1.43. The second-order valence-electron chi connectivity index (χ2n) is 7.13. The van der Waals surface area contributed by atoms with E-state index in [0.717, 1.165) is 30.5 Å². The van der Waals surface area contributed by atoms with E-state index >= 15 is 0 Å². The summed E-state index contributed by atoms with van der Waals surface area (Å²) in [5, 5.41) is 0. The molecule has 0 aromatic carbocycles. The normalized spacial score (nSPS) is 24.3. The number of halogens is 3. The molecule has 1 saturated carbocycles. The van der Waals surface area contributed by atoms with Crippen LogP contribution in [0.2, 0.25) is 0 Å². The van der Waals surface area contributed by atoms with Gasteiger partial charge in [0.05, 0.1) is 0 Å². The topological polar surface area (TPSA) is 43.9 Å². The smallest absolute Gasteiger partial charge is 0.340 e. The van der Waals surface area contributed by atoms with Crippen LogP contribution in [0.4, 0.5) is 13.2 Å². The van der Waals surface area contributed by atoms with Gasteiger partial charge in [-0.05, 0) is 31.6 Å². The lowest BCUT2D eigenvalue weighted by atomic mass is 9.95. The highest BCUT2D eigenvalue weighted by atomic mass is 19.4. The van der Waals surface area contributed by atoms with Crippen LogP contribution in [-0.4, -0.2) is 78.5 Å². The minimum absolute atomic E-state index is 0.0103. The lowest BCUT2D eigenvalue weighted by molar-refractivity contribution is -0.187. The summed E-state index contributed by atoms with van der Waals surface area (Å²) in [6.45, 7) is 4.31. The van der Waals surface area contributed by atoms with Crippen LogP contribution < -0.4 is 0 Å². The first-order valence-corrected chi connectivity index (χ1v) is 8.72. The molecule has 0 aromatic rings. The van der Waals surface area contributed by atoms with Crippen LogP contribution in [0.1, 0.15) is 25.7 Å². The van der Waals surface area contributed by atoms with Gasteiger partial charge in [-0.25, -0.2) is 0 Å². The second-order valence-corrected chi connectivity index (χ2v) is 7.13. The van der Waals surface area contributed by atoms with Gasteiger partial charge in [0.15, 0.2) is 0 Å². The summed E-state index contributed by atoms with van der Waals surface area (Å²) in [5.41, 5.74) is 0. The van der Waals surface area contributed by atoms with Gasteiger partial charge in [0.1, 0.15) is 0 Å². The first-order chi connectivity index (χ1) is 11.3. The number of hydrogen-bond acceptors (Lipinski definition) is 3. The number of piperazine rings is 1. The molecule has 0 spiro atoms. The summed E-state index contributed by atoms with van der Waals surface area (Å²) >= 11 is 0. The fourth-order valence-corrected chi connectivity index (χ4v) is 3.58. The molecular weight excluding hydrogens is 323 g/mol. The van der Waals surface area contributed by atoms with Gasteiger partial charge in [-0.1, -0.05) is 0 Å². The maximum Gasteiger partial charge on any atom is 0.471 e. The number of rotatable bonds is 3. The van der Waals surface area contributed by atoms with Gasteiger partial charge in [0, 0.05) is 51.7 Å². The van der Waals surface area contributed by atoms with Gasteiger partial charge in [-0.15, -0.1) is 0 Å². The highest BCUT2D eigenvalue weighted by Gasteiger charge is 2.44. The zero-order valence-corrected chi connectivity index (χ0v) is 13.7. The molecule has 2 amide bonds. The molecule has 8 heteroatoms. The van der Waals surface area contributed by atoms with Crippen LogP contribution in [0.25, 0.3) is 0 Å². The first kappa shape index (κ1) is 17.5. The molecule has 3 aliphatic rings. The Morgan fingerprint density at radius 3 is 1.92 bits per heavy atom. The average molecular weight is 347 g/mol. The van der Waals surface area contributed by atoms with Crippen molar-refractivity contribution < 1.29 is 22.8 Å². The third-order valence-corrected chi connectivity index (χ3v) is 5.27. The zero-order chi connectivity index (χ0) is 17.3. The van der Waals surface area contributed by atoms with Crippen molar-refractivity contribution in [2.75, 3.05) is 45.8 Å². The van der Waals surface area contributed by atoms with Crippen molar-refractivity contribution in [3.05, 3.63) is 0 Å². The van der Waals surface area contributed by atoms with E-state index in [0.29, 0.717) is 25.9 Å². The largest absolute Gasteiger partial charge is 0.471 e. The maximum absolute atomic E-state index is 12.5. The van der Waals surface area contributed by atoms with Gasteiger partial charge < -0.3 is 9.80 Å². The molecule has 0 N–H and O–H groups in total. The standard InChI is InChI=1S/C16H24F3N3O2/c17-16(18,19)15(24)22-5-3-13(4-6-22)14(23)21-9-7-20(8-10-21)11-12-1-2-12/h12-13H,1-11H2. The van der Waals surface area contributed by atoms with Crippen LogP contribution >= 0.6 is 0 Å². The molecule has 0 aromatic heterocycles. The van der Waals surface area contributed by atoms with E-state index in [4.69, 9.17) is 0 Å². The van der Waals surface area contributed by atoms with E-state index in [9.17, 15) is 22.8 Å². The molecule has 136 valence electrons. The van der Waals surface area contributed by atoms with Crippen LogP contribution in [0, 0.1) is 11.8 Å². The Kier molecular flexibility index (Phi) is 5.03. The molecule has 2 saturated heterocycles. The van der Waals surface area contributed by atoms with Crippen molar-refractivity contribution in [1.29, 1.82) is 0 Å². The molecule has 0 radical (unpaired) electrons. The van der Waals surface area contributed by atoms with Crippen molar-refractivity contribution in [3.8, 4) is 0 Å². The minimum Gasteiger partial charge on any atom is -0.340 e. The summed E-state index contributed by atoms with van der Waals surface area (Å²) in [6.07, 6.45) is -1.55. The quantitative estimate of drug-likeness (QED) is 0.774. The van der Waals surface area contributed by atoms with Crippen molar-refractivity contribution >= 4 is 11.8 Å². The van der Waals surface area contributed by atoms with Gasteiger partial charge >= 0.3 is 12.1 Å². The van der Waals surface area contributed by atoms with Gasteiger partial charge in [0.2, 0.25) is 5.91 Å². The van der Waals surface area contributed by atoms with Gasteiger partial charge in [-0.3, -0.25) is 14.5 Å².